The van der Waals surface area contributed by atoms with Crippen LogP contribution < -0.4 is 5.73 Å². The Morgan fingerprint density at radius 2 is 1.70 bits per heavy atom. The molecule has 0 spiro atoms. The Labute approximate surface area is 123 Å². The number of benzene rings is 2. The van der Waals surface area contributed by atoms with Crippen LogP contribution in [0.4, 0.5) is 0 Å². The lowest BCUT2D eigenvalue weighted by atomic mass is 10.1. The first-order valence-electron chi connectivity index (χ1n) is 6.78. The predicted octanol–water partition coefficient (Wildman–Crippen LogP) is 3.25. The summed E-state index contributed by atoms with van der Waals surface area (Å²) in [5.41, 5.74) is 10.7. The summed E-state index contributed by atoms with van der Waals surface area (Å²) >= 11 is 0. The molecule has 2 rings (SSSR count). The van der Waals surface area contributed by atoms with E-state index in [-0.39, 0.29) is 6.04 Å². The van der Waals surface area contributed by atoms with Gasteiger partial charge in [-0.1, -0.05) is 54.1 Å². The highest BCUT2D eigenvalue weighted by molar-refractivity contribution is 7.84. The fourth-order valence-corrected chi connectivity index (χ4v) is 3.50. The van der Waals surface area contributed by atoms with E-state index in [0.717, 1.165) is 11.1 Å². The van der Waals surface area contributed by atoms with Crippen LogP contribution in [0.5, 0.6) is 0 Å². The molecule has 0 aromatic heterocycles. The van der Waals surface area contributed by atoms with Crippen LogP contribution in [-0.4, -0.2) is 9.96 Å². The van der Waals surface area contributed by atoms with E-state index in [1.54, 1.807) is 0 Å². The number of aryl methyl sites for hydroxylation is 2. The first kappa shape index (κ1) is 14.9. The van der Waals surface area contributed by atoms with E-state index in [4.69, 9.17) is 5.73 Å². The van der Waals surface area contributed by atoms with Crippen molar-refractivity contribution >= 4 is 10.8 Å². The topological polar surface area (TPSA) is 43.1 Å². The smallest absolute Gasteiger partial charge is 0.0489 e. The van der Waals surface area contributed by atoms with E-state index in [1.165, 1.54) is 11.1 Å². The SMILES string of the molecule is Cc1ccc(C(N)CS(=O)Cc2ccccc2C)cc1. The zero-order valence-corrected chi connectivity index (χ0v) is 12.8. The van der Waals surface area contributed by atoms with E-state index in [9.17, 15) is 4.21 Å². The Morgan fingerprint density at radius 1 is 1.05 bits per heavy atom. The Kier molecular flexibility index (Phi) is 5.10. The molecular formula is C17H21NOS. The number of rotatable bonds is 5. The van der Waals surface area contributed by atoms with Crippen molar-refractivity contribution in [3.63, 3.8) is 0 Å². The summed E-state index contributed by atoms with van der Waals surface area (Å²) in [6, 6.07) is 16.0. The van der Waals surface area contributed by atoms with Crippen LogP contribution in [0.2, 0.25) is 0 Å². The number of nitrogens with two attached hydrogens (primary N) is 1. The second kappa shape index (κ2) is 6.82. The van der Waals surface area contributed by atoms with Crippen LogP contribution in [0, 0.1) is 13.8 Å². The van der Waals surface area contributed by atoms with Gasteiger partial charge in [0.25, 0.3) is 0 Å². The molecule has 0 saturated carbocycles. The molecule has 2 N–H and O–H groups in total. The van der Waals surface area contributed by atoms with Crippen molar-refractivity contribution in [2.45, 2.75) is 25.6 Å². The lowest BCUT2D eigenvalue weighted by molar-refractivity contribution is 0.674. The van der Waals surface area contributed by atoms with Crippen molar-refractivity contribution in [1.29, 1.82) is 0 Å². The highest BCUT2D eigenvalue weighted by Crippen LogP contribution is 2.15. The molecule has 2 atom stereocenters. The van der Waals surface area contributed by atoms with E-state index >= 15 is 0 Å². The van der Waals surface area contributed by atoms with Gasteiger partial charge in [-0.15, -0.1) is 0 Å². The fraction of sp³-hybridized carbons (Fsp3) is 0.294. The van der Waals surface area contributed by atoms with Gasteiger partial charge in [-0.2, -0.15) is 0 Å². The molecule has 0 amide bonds. The van der Waals surface area contributed by atoms with Crippen LogP contribution in [0.3, 0.4) is 0 Å². The van der Waals surface area contributed by atoms with Crippen molar-refractivity contribution in [3.05, 3.63) is 70.8 Å². The van der Waals surface area contributed by atoms with Crippen molar-refractivity contribution in [1.82, 2.24) is 0 Å². The summed E-state index contributed by atoms with van der Waals surface area (Å²) < 4.78 is 12.2. The quantitative estimate of drug-likeness (QED) is 0.917. The summed E-state index contributed by atoms with van der Waals surface area (Å²) in [4.78, 5) is 0. The second-order valence-electron chi connectivity index (χ2n) is 5.19. The normalized spacial score (nSPS) is 13.9. The maximum Gasteiger partial charge on any atom is 0.0489 e. The molecular weight excluding hydrogens is 266 g/mol. The third kappa shape index (κ3) is 4.02. The third-order valence-corrected chi connectivity index (χ3v) is 4.81. The van der Waals surface area contributed by atoms with Crippen LogP contribution in [0.1, 0.15) is 28.3 Å². The van der Waals surface area contributed by atoms with Gasteiger partial charge in [-0.3, -0.25) is 4.21 Å². The molecule has 0 aliphatic rings. The van der Waals surface area contributed by atoms with E-state index < -0.39 is 10.8 Å². The highest BCUT2D eigenvalue weighted by Gasteiger charge is 2.11. The van der Waals surface area contributed by atoms with Gasteiger partial charge in [0.15, 0.2) is 0 Å². The minimum Gasteiger partial charge on any atom is -0.323 e. The summed E-state index contributed by atoms with van der Waals surface area (Å²) in [5.74, 6) is 1.07. The summed E-state index contributed by atoms with van der Waals surface area (Å²) in [5, 5.41) is 0. The summed E-state index contributed by atoms with van der Waals surface area (Å²) in [6.07, 6.45) is 0. The lowest BCUT2D eigenvalue weighted by Gasteiger charge is -2.13. The largest absolute Gasteiger partial charge is 0.323 e. The zero-order chi connectivity index (χ0) is 14.5. The van der Waals surface area contributed by atoms with Crippen LogP contribution in [0.25, 0.3) is 0 Å². The van der Waals surface area contributed by atoms with Crippen LogP contribution in [-0.2, 0) is 16.6 Å². The Hall–Kier alpha value is -1.45. The van der Waals surface area contributed by atoms with Gasteiger partial charge >= 0.3 is 0 Å². The van der Waals surface area contributed by atoms with Gasteiger partial charge < -0.3 is 5.73 Å². The molecule has 20 heavy (non-hydrogen) atoms. The molecule has 3 heteroatoms. The maximum atomic E-state index is 12.2. The average molecular weight is 287 g/mol. The van der Waals surface area contributed by atoms with Gasteiger partial charge in [0.05, 0.1) is 0 Å². The second-order valence-corrected chi connectivity index (χ2v) is 6.70. The van der Waals surface area contributed by atoms with E-state index in [1.807, 2.05) is 62.4 Å². The van der Waals surface area contributed by atoms with Crippen LogP contribution >= 0.6 is 0 Å². The van der Waals surface area contributed by atoms with Crippen molar-refractivity contribution in [2.75, 3.05) is 5.75 Å². The van der Waals surface area contributed by atoms with Gasteiger partial charge in [-0.25, -0.2) is 0 Å². The monoisotopic (exact) mass is 287 g/mol. The Balaban J connectivity index is 1.98. The summed E-state index contributed by atoms with van der Waals surface area (Å²) in [6.45, 7) is 4.10. The zero-order valence-electron chi connectivity index (χ0n) is 12.0. The van der Waals surface area contributed by atoms with Crippen molar-refractivity contribution < 1.29 is 4.21 Å². The summed E-state index contributed by atoms with van der Waals surface area (Å²) in [7, 11) is -0.942. The minimum absolute atomic E-state index is 0.166. The molecule has 106 valence electrons. The Morgan fingerprint density at radius 3 is 2.35 bits per heavy atom. The number of hydrogen-bond acceptors (Lipinski definition) is 2. The van der Waals surface area contributed by atoms with Crippen molar-refractivity contribution in [3.8, 4) is 0 Å². The van der Waals surface area contributed by atoms with Crippen molar-refractivity contribution in [2.24, 2.45) is 5.73 Å². The molecule has 0 aliphatic heterocycles. The first-order chi connectivity index (χ1) is 9.56. The predicted molar refractivity (Wildman–Crippen MR) is 86.0 cm³/mol. The van der Waals surface area contributed by atoms with E-state index in [2.05, 4.69) is 0 Å². The van der Waals surface area contributed by atoms with Gasteiger partial charge in [0, 0.05) is 28.3 Å². The van der Waals surface area contributed by atoms with E-state index in [0.29, 0.717) is 11.5 Å². The molecule has 0 saturated heterocycles. The van der Waals surface area contributed by atoms with Crippen LogP contribution in [0.15, 0.2) is 48.5 Å². The fourth-order valence-electron chi connectivity index (χ4n) is 2.11. The Bertz CT molecular complexity index is 592. The average Bonchev–Trinajstić information content (AvgIpc) is 2.42. The first-order valence-corrected chi connectivity index (χ1v) is 8.26. The molecule has 2 aromatic carbocycles. The highest BCUT2D eigenvalue weighted by atomic mass is 32.2. The van der Waals surface area contributed by atoms with Gasteiger partial charge in [-0.05, 0) is 30.5 Å². The lowest BCUT2D eigenvalue weighted by Crippen LogP contribution is -2.19. The molecule has 0 bridgehead atoms. The third-order valence-electron chi connectivity index (χ3n) is 3.45. The molecule has 2 unspecified atom stereocenters. The molecule has 0 aliphatic carbocycles. The molecule has 0 radical (unpaired) electrons. The molecule has 2 aromatic rings. The minimum atomic E-state index is -0.942. The number of hydrogen-bond donors (Lipinski definition) is 1. The van der Waals surface area contributed by atoms with Gasteiger partial charge in [0.2, 0.25) is 0 Å². The molecule has 0 heterocycles. The molecule has 0 fully saturated rings. The standard InChI is InChI=1S/C17H21NOS/c1-13-7-9-15(10-8-13)17(18)12-20(19)11-16-6-4-3-5-14(16)2/h3-10,17H,11-12,18H2,1-2H3. The van der Waals surface area contributed by atoms with Gasteiger partial charge in [0.1, 0.15) is 0 Å². The maximum absolute atomic E-state index is 12.2. The molecule has 2 nitrogen and oxygen atoms in total.